The Balaban J connectivity index is 1.18. The molecule has 1 unspecified atom stereocenters. The van der Waals surface area contributed by atoms with Crippen LogP contribution in [0.3, 0.4) is 0 Å². The zero-order chi connectivity index (χ0) is 18.9. The SMILES string of the molecule is CN(CC1CCN(CCc2ccccc2F)CC1)C(=O)C1CC12CCCC2. The average molecular weight is 373 g/mol. The fourth-order valence-electron chi connectivity index (χ4n) is 5.44. The van der Waals surface area contributed by atoms with Gasteiger partial charge in [-0.3, -0.25) is 4.79 Å². The molecular weight excluding hydrogens is 339 g/mol. The van der Waals surface area contributed by atoms with E-state index in [2.05, 4.69) is 4.90 Å². The second kappa shape index (κ2) is 7.90. The molecule has 1 heterocycles. The molecular formula is C23H33FN2O. The first kappa shape index (κ1) is 18.9. The molecule has 1 aromatic carbocycles. The standard InChI is InChI=1S/C23H33FN2O/c1-25(22(27)20-16-23(20)11-4-5-12-23)17-18-8-13-26(14-9-18)15-10-19-6-2-3-7-21(19)24/h2-3,6-7,18,20H,4-5,8-17H2,1H3. The summed E-state index contributed by atoms with van der Waals surface area (Å²) < 4.78 is 13.7. The molecule has 3 nitrogen and oxygen atoms in total. The quantitative estimate of drug-likeness (QED) is 0.750. The van der Waals surface area contributed by atoms with Crippen molar-refractivity contribution in [2.75, 3.05) is 33.2 Å². The molecule has 148 valence electrons. The molecule has 0 bridgehead atoms. The number of amides is 1. The Labute approximate surface area is 162 Å². The van der Waals surface area contributed by atoms with E-state index in [1.807, 2.05) is 24.1 Å². The zero-order valence-electron chi connectivity index (χ0n) is 16.6. The van der Waals surface area contributed by atoms with Crippen LogP contribution in [-0.2, 0) is 11.2 Å². The smallest absolute Gasteiger partial charge is 0.226 e. The molecule has 1 aliphatic heterocycles. The highest BCUT2D eigenvalue weighted by molar-refractivity contribution is 5.82. The third-order valence-electron chi connectivity index (χ3n) is 7.36. The monoisotopic (exact) mass is 372 g/mol. The second-order valence-electron chi connectivity index (χ2n) is 9.17. The molecule has 1 spiro atoms. The summed E-state index contributed by atoms with van der Waals surface area (Å²) >= 11 is 0. The minimum atomic E-state index is -0.0902. The number of likely N-dealkylation sites (tertiary alicyclic amines) is 1. The lowest BCUT2D eigenvalue weighted by Crippen LogP contribution is -2.40. The minimum Gasteiger partial charge on any atom is -0.345 e. The number of carbonyl (C=O) groups is 1. The van der Waals surface area contributed by atoms with Gasteiger partial charge in [0.15, 0.2) is 0 Å². The second-order valence-corrected chi connectivity index (χ2v) is 9.17. The highest BCUT2D eigenvalue weighted by atomic mass is 19.1. The maximum absolute atomic E-state index is 13.7. The van der Waals surface area contributed by atoms with E-state index >= 15 is 0 Å². The van der Waals surface area contributed by atoms with E-state index in [-0.39, 0.29) is 5.82 Å². The molecule has 1 saturated heterocycles. The van der Waals surface area contributed by atoms with Gasteiger partial charge in [-0.2, -0.15) is 0 Å². The van der Waals surface area contributed by atoms with Crippen LogP contribution < -0.4 is 0 Å². The number of rotatable bonds is 6. The van der Waals surface area contributed by atoms with Gasteiger partial charge in [0.25, 0.3) is 0 Å². The summed E-state index contributed by atoms with van der Waals surface area (Å²) in [4.78, 5) is 17.2. The highest BCUT2D eigenvalue weighted by Gasteiger charge is 2.59. The largest absolute Gasteiger partial charge is 0.345 e. The lowest BCUT2D eigenvalue weighted by Gasteiger charge is -2.34. The Hall–Kier alpha value is -1.42. The van der Waals surface area contributed by atoms with Gasteiger partial charge in [-0.15, -0.1) is 0 Å². The Kier molecular flexibility index (Phi) is 5.54. The number of hydrogen-bond donors (Lipinski definition) is 0. The molecule has 0 aromatic heterocycles. The van der Waals surface area contributed by atoms with Crippen LogP contribution >= 0.6 is 0 Å². The van der Waals surface area contributed by atoms with Crippen LogP contribution in [0.5, 0.6) is 0 Å². The molecule has 1 aromatic rings. The minimum absolute atomic E-state index is 0.0902. The number of piperidine rings is 1. The first-order valence-electron chi connectivity index (χ1n) is 10.8. The number of carbonyl (C=O) groups excluding carboxylic acids is 1. The van der Waals surface area contributed by atoms with Gasteiger partial charge in [0.05, 0.1) is 0 Å². The van der Waals surface area contributed by atoms with Gasteiger partial charge in [-0.1, -0.05) is 31.0 Å². The molecule has 2 aliphatic carbocycles. The van der Waals surface area contributed by atoms with Gasteiger partial charge in [0, 0.05) is 26.1 Å². The molecule has 0 radical (unpaired) electrons. The Morgan fingerprint density at radius 3 is 2.63 bits per heavy atom. The normalized spacial score (nSPS) is 25.0. The van der Waals surface area contributed by atoms with Gasteiger partial charge in [0.2, 0.25) is 5.91 Å². The molecule has 27 heavy (non-hydrogen) atoms. The molecule has 4 rings (SSSR count). The van der Waals surface area contributed by atoms with E-state index in [0.29, 0.717) is 23.2 Å². The van der Waals surface area contributed by atoms with Crippen LogP contribution in [0.1, 0.15) is 50.5 Å². The fraction of sp³-hybridized carbons (Fsp3) is 0.696. The van der Waals surface area contributed by atoms with Crippen molar-refractivity contribution < 1.29 is 9.18 Å². The first-order valence-corrected chi connectivity index (χ1v) is 10.8. The zero-order valence-corrected chi connectivity index (χ0v) is 16.6. The van der Waals surface area contributed by atoms with Crippen molar-refractivity contribution in [2.24, 2.45) is 17.3 Å². The van der Waals surface area contributed by atoms with Gasteiger partial charge in [-0.05, 0) is 74.6 Å². The average Bonchev–Trinajstić information content (AvgIpc) is 3.17. The number of nitrogens with zero attached hydrogens (tertiary/aromatic N) is 2. The topological polar surface area (TPSA) is 23.6 Å². The van der Waals surface area contributed by atoms with Gasteiger partial charge < -0.3 is 9.80 Å². The predicted molar refractivity (Wildman–Crippen MR) is 106 cm³/mol. The maximum atomic E-state index is 13.7. The molecule has 2 saturated carbocycles. The summed E-state index contributed by atoms with van der Waals surface area (Å²) in [6.07, 6.45) is 9.40. The van der Waals surface area contributed by atoms with E-state index in [1.54, 1.807) is 12.1 Å². The Morgan fingerprint density at radius 1 is 1.22 bits per heavy atom. The summed E-state index contributed by atoms with van der Waals surface area (Å²) in [5.41, 5.74) is 1.22. The molecule has 3 aliphatic rings. The van der Waals surface area contributed by atoms with Crippen molar-refractivity contribution in [3.63, 3.8) is 0 Å². The lowest BCUT2D eigenvalue weighted by molar-refractivity contribution is -0.132. The van der Waals surface area contributed by atoms with Gasteiger partial charge in [-0.25, -0.2) is 4.39 Å². The lowest BCUT2D eigenvalue weighted by atomic mass is 9.95. The van der Waals surface area contributed by atoms with Crippen LogP contribution in [0.25, 0.3) is 0 Å². The molecule has 3 fully saturated rings. The third-order valence-corrected chi connectivity index (χ3v) is 7.36. The van der Waals surface area contributed by atoms with Crippen molar-refractivity contribution in [1.29, 1.82) is 0 Å². The summed E-state index contributed by atoms with van der Waals surface area (Å²) in [5, 5.41) is 0. The maximum Gasteiger partial charge on any atom is 0.226 e. The van der Waals surface area contributed by atoms with E-state index < -0.39 is 0 Å². The molecule has 4 heteroatoms. The van der Waals surface area contributed by atoms with Gasteiger partial charge >= 0.3 is 0 Å². The van der Waals surface area contributed by atoms with Crippen LogP contribution in [0, 0.1) is 23.1 Å². The fourth-order valence-corrected chi connectivity index (χ4v) is 5.44. The van der Waals surface area contributed by atoms with E-state index in [1.165, 1.54) is 25.7 Å². The Morgan fingerprint density at radius 2 is 1.93 bits per heavy atom. The summed E-state index contributed by atoms with van der Waals surface area (Å²) in [7, 11) is 2.01. The van der Waals surface area contributed by atoms with Gasteiger partial charge in [0.1, 0.15) is 5.82 Å². The van der Waals surface area contributed by atoms with Crippen LogP contribution in [0.4, 0.5) is 4.39 Å². The third kappa shape index (κ3) is 4.21. The predicted octanol–water partition coefficient (Wildman–Crippen LogP) is 4.12. The molecule has 0 N–H and O–H groups in total. The van der Waals surface area contributed by atoms with E-state index in [4.69, 9.17) is 0 Å². The van der Waals surface area contributed by atoms with Crippen molar-refractivity contribution in [2.45, 2.75) is 51.4 Å². The van der Waals surface area contributed by atoms with Crippen molar-refractivity contribution in [3.8, 4) is 0 Å². The van der Waals surface area contributed by atoms with Crippen molar-refractivity contribution in [1.82, 2.24) is 9.80 Å². The van der Waals surface area contributed by atoms with Crippen molar-refractivity contribution in [3.05, 3.63) is 35.6 Å². The highest BCUT2D eigenvalue weighted by Crippen LogP contribution is 2.63. The van der Waals surface area contributed by atoms with E-state index in [9.17, 15) is 9.18 Å². The number of hydrogen-bond acceptors (Lipinski definition) is 2. The summed E-state index contributed by atoms with van der Waals surface area (Å²) in [5.74, 6) is 1.25. The summed E-state index contributed by atoms with van der Waals surface area (Å²) in [6.45, 7) is 3.96. The van der Waals surface area contributed by atoms with Crippen LogP contribution in [0.15, 0.2) is 24.3 Å². The number of halogens is 1. The van der Waals surface area contributed by atoms with Crippen LogP contribution in [-0.4, -0.2) is 48.9 Å². The van der Waals surface area contributed by atoms with Crippen LogP contribution in [0.2, 0.25) is 0 Å². The Bertz CT molecular complexity index is 662. The van der Waals surface area contributed by atoms with Crippen molar-refractivity contribution >= 4 is 5.91 Å². The first-order chi connectivity index (χ1) is 13.1. The molecule has 1 amide bonds. The van der Waals surface area contributed by atoms with E-state index in [0.717, 1.165) is 57.4 Å². The summed E-state index contributed by atoms with van der Waals surface area (Å²) in [6, 6.07) is 7.09. The molecule has 1 atom stereocenters. The number of benzene rings is 1.